The van der Waals surface area contributed by atoms with Gasteiger partial charge in [0.2, 0.25) is 0 Å². The number of halogens is 1. The van der Waals surface area contributed by atoms with Crippen LogP contribution in [0, 0.1) is 0 Å². The van der Waals surface area contributed by atoms with Crippen molar-refractivity contribution < 1.29 is 17.0 Å². The number of aryl methyl sites for hydroxylation is 1. The van der Waals surface area contributed by atoms with Crippen molar-refractivity contribution in [2.45, 2.75) is 18.2 Å². The van der Waals surface area contributed by atoms with Gasteiger partial charge in [0.15, 0.2) is 0 Å². The average Bonchev–Trinajstić information content (AvgIpc) is 2.26. The number of alkyl halides is 1. The summed E-state index contributed by atoms with van der Waals surface area (Å²) < 4.78 is 39.0. The zero-order valence-corrected chi connectivity index (χ0v) is 9.26. The Balaban J connectivity index is 2.86. The molecule has 0 aliphatic rings. The van der Waals surface area contributed by atoms with Gasteiger partial charge in [0.1, 0.15) is 6.67 Å². The fraction of sp³-hybridized carbons (Fsp3) is 0.400. The van der Waals surface area contributed by atoms with E-state index in [1.807, 2.05) is 6.92 Å². The fourth-order valence-corrected chi connectivity index (χ4v) is 1.99. The summed E-state index contributed by atoms with van der Waals surface area (Å²) in [7, 11) is -3.79. The Kier molecular flexibility index (Phi) is 4.23. The highest BCUT2D eigenvalue weighted by atomic mass is 32.2. The second-order valence-electron chi connectivity index (χ2n) is 2.96. The molecule has 0 aliphatic carbocycles. The van der Waals surface area contributed by atoms with Crippen LogP contribution in [0.2, 0.25) is 0 Å². The highest BCUT2D eigenvalue weighted by Crippen LogP contribution is 2.13. The molecule has 0 atom stereocenters. The van der Waals surface area contributed by atoms with Crippen LogP contribution in [-0.2, 0) is 20.7 Å². The Morgan fingerprint density at radius 3 is 2.33 bits per heavy atom. The third-order valence-corrected chi connectivity index (χ3v) is 3.26. The van der Waals surface area contributed by atoms with Crippen molar-refractivity contribution in [3.63, 3.8) is 0 Å². The maximum atomic E-state index is 11.8. The summed E-state index contributed by atoms with van der Waals surface area (Å²) >= 11 is 0. The molecular formula is C10H13FO3S. The van der Waals surface area contributed by atoms with E-state index in [2.05, 4.69) is 4.18 Å². The lowest BCUT2D eigenvalue weighted by atomic mass is 10.2. The van der Waals surface area contributed by atoms with E-state index in [0.29, 0.717) is 0 Å². The molecule has 0 fully saturated rings. The Hall–Kier alpha value is -0.940. The molecule has 0 aromatic heterocycles. The van der Waals surface area contributed by atoms with E-state index >= 15 is 0 Å². The molecule has 0 amide bonds. The molecule has 0 radical (unpaired) electrons. The summed E-state index contributed by atoms with van der Waals surface area (Å²) in [5, 5.41) is 0. The predicted molar refractivity (Wildman–Crippen MR) is 54.9 cm³/mol. The first-order valence-corrected chi connectivity index (χ1v) is 6.05. The van der Waals surface area contributed by atoms with E-state index in [0.717, 1.165) is 12.0 Å². The van der Waals surface area contributed by atoms with Crippen LogP contribution < -0.4 is 0 Å². The smallest absolute Gasteiger partial charge is 0.264 e. The summed E-state index contributed by atoms with van der Waals surface area (Å²) in [6.45, 7) is 0.729. The molecule has 1 aromatic rings. The topological polar surface area (TPSA) is 43.4 Å². The molecule has 1 aromatic carbocycles. The van der Waals surface area contributed by atoms with Gasteiger partial charge in [0, 0.05) is 0 Å². The standard InChI is InChI=1S/C10H13FO3S/c1-2-9-3-5-10(6-4-9)15(12,13)14-8-7-11/h3-6H,2,7-8H2,1H3. The third-order valence-electron chi connectivity index (χ3n) is 1.94. The van der Waals surface area contributed by atoms with Crippen molar-refractivity contribution >= 4 is 10.1 Å². The molecule has 3 nitrogen and oxygen atoms in total. The van der Waals surface area contributed by atoms with Crippen molar-refractivity contribution in [3.8, 4) is 0 Å². The van der Waals surface area contributed by atoms with Crippen molar-refractivity contribution in [1.29, 1.82) is 0 Å². The van der Waals surface area contributed by atoms with Crippen molar-refractivity contribution in [3.05, 3.63) is 29.8 Å². The molecule has 15 heavy (non-hydrogen) atoms. The maximum Gasteiger partial charge on any atom is 0.297 e. The minimum atomic E-state index is -3.79. The summed E-state index contributed by atoms with van der Waals surface area (Å²) in [6, 6.07) is 6.36. The van der Waals surface area contributed by atoms with Crippen LogP contribution in [0.3, 0.4) is 0 Å². The first kappa shape index (κ1) is 12.1. The molecule has 0 bridgehead atoms. The van der Waals surface area contributed by atoms with Crippen LogP contribution in [0.15, 0.2) is 29.2 Å². The van der Waals surface area contributed by atoms with Crippen LogP contribution >= 0.6 is 0 Å². The van der Waals surface area contributed by atoms with E-state index in [4.69, 9.17) is 0 Å². The van der Waals surface area contributed by atoms with Crippen LogP contribution in [0.4, 0.5) is 4.39 Å². The SMILES string of the molecule is CCc1ccc(S(=O)(=O)OCCF)cc1. The summed E-state index contributed by atoms with van der Waals surface area (Å²) in [5.41, 5.74) is 1.04. The van der Waals surface area contributed by atoms with Crippen LogP contribution in [0.5, 0.6) is 0 Å². The van der Waals surface area contributed by atoms with Crippen LogP contribution in [0.1, 0.15) is 12.5 Å². The molecule has 0 saturated carbocycles. The van der Waals surface area contributed by atoms with Crippen molar-refractivity contribution in [2.24, 2.45) is 0 Å². The van der Waals surface area contributed by atoms with E-state index in [-0.39, 0.29) is 4.90 Å². The minimum absolute atomic E-state index is 0.0631. The van der Waals surface area contributed by atoms with Crippen LogP contribution in [-0.4, -0.2) is 21.7 Å². The zero-order valence-electron chi connectivity index (χ0n) is 8.44. The van der Waals surface area contributed by atoms with Gasteiger partial charge in [0.25, 0.3) is 10.1 Å². The van der Waals surface area contributed by atoms with Gasteiger partial charge < -0.3 is 0 Å². The molecule has 0 heterocycles. The average molecular weight is 232 g/mol. The maximum absolute atomic E-state index is 11.8. The number of hydrogen-bond donors (Lipinski definition) is 0. The second kappa shape index (κ2) is 5.23. The molecule has 0 N–H and O–H groups in total. The molecule has 0 unspecified atom stereocenters. The van der Waals surface area contributed by atoms with E-state index in [9.17, 15) is 12.8 Å². The largest absolute Gasteiger partial charge is 0.297 e. The van der Waals surface area contributed by atoms with Gasteiger partial charge >= 0.3 is 0 Å². The monoisotopic (exact) mass is 232 g/mol. The van der Waals surface area contributed by atoms with Gasteiger partial charge in [-0.1, -0.05) is 19.1 Å². The van der Waals surface area contributed by atoms with Gasteiger partial charge in [-0.2, -0.15) is 8.42 Å². The first-order valence-electron chi connectivity index (χ1n) is 4.64. The van der Waals surface area contributed by atoms with Gasteiger partial charge in [-0.15, -0.1) is 0 Å². The zero-order chi connectivity index (χ0) is 11.3. The number of rotatable bonds is 5. The van der Waals surface area contributed by atoms with E-state index in [1.54, 1.807) is 12.1 Å². The van der Waals surface area contributed by atoms with Gasteiger partial charge in [0.05, 0.1) is 11.5 Å². The predicted octanol–water partition coefficient (Wildman–Crippen LogP) is 1.92. The molecule has 0 saturated heterocycles. The highest BCUT2D eigenvalue weighted by Gasteiger charge is 2.14. The number of hydrogen-bond acceptors (Lipinski definition) is 3. The van der Waals surface area contributed by atoms with Crippen molar-refractivity contribution in [2.75, 3.05) is 13.3 Å². The van der Waals surface area contributed by atoms with Gasteiger partial charge in [-0.05, 0) is 24.1 Å². The third kappa shape index (κ3) is 3.28. The summed E-state index contributed by atoms with van der Waals surface area (Å²) in [5.74, 6) is 0. The lowest BCUT2D eigenvalue weighted by Gasteiger charge is -2.04. The normalized spacial score (nSPS) is 11.6. The van der Waals surface area contributed by atoms with Gasteiger partial charge in [-0.3, -0.25) is 4.18 Å². The van der Waals surface area contributed by atoms with Gasteiger partial charge in [-0.25, -0.2) is 4.39 Å². The van der Waals surface area contributed by atoms with Crippen LogP contribution in [0.25, 0.3) is 0 Å². The summed E-state index contributed by atoms with van der Waals surface area (Å²) in [4.78, 5) is 0.0631. The Bertz CT molecular complexity index is 397. The Labute approximate surface area is 89.0 Å². The van der Waals surface area contributed by atoms with Crippen molar-refractivity contribution in [1.82, 2.24) is 0 Å². The molecule has 1 rings (SSSR count). The first-order chi connectivity index (χ1) is 7.10. The highest BCUT2D eigenvalue weighted by molar-refractivity contribution is 7.86. The molecule has 84 valence electrons. The lowest BCUT2D eigenvalue weighted by molar-refractivity contribution is 0.277. The Morgan fingerprint density at radius 1 is 1.27 bits per heavy atom. The number of benzene rings is 1. The second-order valence-corrected chi connectivity index (χ2v) is 4.58. The minimum Gasteiger partial charge on any atom is -0.264 e. The fourth-order valence-electron chi connectivity index (χ4n) is 1.10. The molecule has 5 heteroatoms. The molecular weight excluding hydrogens is 219 g/mol. The lowest BCUT2D eigenvalue weighted by Crippen LogP contribution is -2.08. The molecule has 0 aliphatic heterocycles. The quantitative estimate of drug-likeness (QED) is 0.728. The Morgan fingerprint density at radius 2 is 1.87 bits per heavy atom. The molecule has 0 spiro atoms. The van der Waals surface area contributed by atoms with E-state index < -0.39 is 23.4 Å². The summed E-state index contributed by atoms with van der Waals surface area (Å²) in [6.07, 6.45) is 0.839. The van der Waals surface area contributed by atoms with E-state index in [1.165, 1.54) is 12.1 Å².